The lowest BCUT2D eigenvalue weighted by atomic mass is 10.2. The van der Waals surface area contributed by atoms with Gasteiger partial charge in [0.1, 0.15) is 5.76 Å². The molecule has 0 radical (unpaired) electrons. The van der Waals surface area contributed by atoms with Crippen LogP contribution in [-0.4, -0.2) is 12.0 Å². The molecule has 0 amide bonds. The second kappa shape index (κ2) is 4.07. The van der Waals surface area contributed by atoms with Crippen molar-refractivity contribution in [3.63, 3.8) is 0 Å². The van der Waals surface area contributed by atoms with Gasteiger partial charge in [-0.25, -0.2) is 4.98 Å². The van der Waals surface area contributed by atoms with Crippen molar-refractivity contribution in [3.8, 4) is 11.5 Å². The zero-order valence-corrected chi connectivity index (χ0v) is 8.03. The van der Waals surface area contributed by atoms with Crippen LogP contribution in [0.25, 0.3) is 11.5 Å². The molecule has 3 nitrogen and oxygen atoms in total. The van der Waals surface area contributed by atoms with E-state index in [1.54, 1.807) is 6.20 Å². The Balaban J connectivity index is 2.25. The molecule has 1 aromatic carbocycles. The fourth-order valence-corrected chi connectivity index (χ4v) is 1.28. The molecule has 3 heteroatoms. The van der Waals surface area contributed by atoms with Gasteiger partial charge in [-0.3, -0.25) is 0 Å². The first kappa shape index (κ1) is 8.97. The molecular formula is C11H12N2O. The van der Waals surface area contributed by atoms with Crippen LogP contribution in [0.15, 0.2) is 40.9 Å². The second-order valence-electron chi connectivity index (χ2n) is 3.03. The number of benzene rings is 1. The van der Waals surface area contributed by atoms with Crippen LogP contribution >= 0.6 is 0 Å². The van der Waals surface area contributed by atoms with Crippen molar-refractivity contribution in [3.05, 3.63) is 42.3 Å². The predicted octanol–water partition coefficient (Wildman–Crippen LogP) is 2.06. The van der Waals surface area contributed by atoms with Crippen LogP contribution in [0.5, 0.6) is 0 Å². The zero-order chi connectivity index (χ0) is 9.80. The van der Waals surface area contributed by atoms with Crippen molar-refractivity contribution in [2.24, 2.45) is 0 Å². The van der Waals surface area contributed by atoms with Crippen molar-refractivity contribution >= 4 is 0 Å². The smallest absolute Gasteiger partial charge is 0.226 e. The lowest BCUT2D eigenvalue weighted by Crippen LogP contribution is -2.03. The summed E-state index contributed by atoms with van der Waals surface area (Å²) in [6.07, 6.45) is 1.75. The van der Waals surface area contributed by atoms with Crippen molar-refractivity contribution in [2.75, 3.05) is 7.05 Å². The van der Waals surface area contributed by atoms with Crippen LogP contribution < -0.4 is 5.32 Å². The maximum atomic E-state index is 5.54. The molecule has 0 aliphatic heterocycles. The third-order valence-electron chi connectivity index (χ3n) is 1.93. The number of nitrogens with zero attached hydrogens (tertiary/aromatic N) is 1. The summed E-state index contributed by atoms with van der Waals surface area (Å²) < 4.78 is 5.54. The first-order valence-corrected chi connectivity index (χ1v) is 4.55. The Morgan fingerprint density at radius 2 is 2.07 bits per heavy atom. The standard InChI is InChI=1S/C11H12N2O/c1-12-7-10-8-13-11(14-10)9-5-3-2-4-6-9/h2-6,8,12H,7H2,1H3. The maximum Gasteiger partial charge on any atom is 0.226 e. The lowest BCUT2D eigenvalue weighted by molar-refractivity contribution is 0.503. The fraction of sp³-hybridized carbons (Fsp3) is 0.182. The van der Waals surface area contributed by atoms with Crippen molar-refractivity contribution in [1.29, 1.82) is 0 Å². The number of rotatable bonds is 3. The van der Waals surface area contributed by atoms with Crippen LogP contribution in [0.2, 0.25) is 0 Å². The summed E-state index contributed by atoms with van der Waals surface area (Å²) in [5, 5.41) is 3.02. The van der Waals surface area contributed by atoms with Gasteiger partial charge in [-0.15, -0.1) is 0 Å². The summed E-state index contributed by atoms with van der Waals surface area (Å²) in [7, 11) is 1.88. The van der Waals surface area contributed by atoms with Gasteiger partial charge >= 0.3 is 0 Å². The van der Waals surface area contributed by atoms with E-state index in [-0.39, 0.29) is 0 Å². The molecule has 14 heavy (non-hydrogen) atoms. The van der Waals surface area contributed by atoms with Crippen LogP contribution in [0, 0.1) is 0 Å². The normalized spacial score (nSPS) is 10.4. The topological polar surface area (TPSA) is 38.1 Å². The van der Waals surface area contributed by atoms with Crippen molar-refractivity contribution < 1.29 is 4.42 Å². The fourth-order valence-electron chi connectivity index (χ4n) is 1.28. The highest BCUT2D eigenvalue weighted by molar-refractivity contribution is 5.52. The Kier molecular flexibility index (Phi) is 2.60. The van der Waals surface area contributed by atoms with Gasteiger partial charge in [0.15, 0.2) is 0 Å². The molecule has 0 atom stereocenters. The molecule has 0 aliphatic carbocycles. The summed E-state index contributed by atoms with van der Waals surface area (Å²) in [5.74, 6) is 1.53. The minimum absolute atomic E-state index is 0.677. The third-order valence-corrected chi connectivity index (χ3v) is 1.93. The van der Waals surface area contributed by atoms with E-state index in [4.69, 9.17) is 4.42 Å². The molecule has 72 valence electrons. The van der Waals surface area contributed by atoms with Crippen LogP contribution in [-0.2, 0) is 6.54 Å². The molecule has 0 aliphatic rings. The zero-order valence-electron chi connectivity index (χ0n) is 8.03. The van der Waals surface area contributed by atoms with E-state index in [2.05, 4.69) is 10.3 Å². The molecule has 1 N–H and O–H groups in total. The predicted molar refractivity (Wildman–Crippen MR) is 54.7 cm³/mol. The maximum absolute atomic E-state index is 5.54. The quantitative estimate of drug-likeness (QED) is 0.801. The molecule has 1 aromatic heterocycles. The highest BCUT2D eigenvalue weighted by Gasteiger charge is 2.04. The molecule has 0 saturated carbocycles. The summed E-state index contributed by atoms with van der Waals surface area (Å²) in [4.78, 5) is 4.20. The van der Waals surface area contributed by atoms with Gasteiger partial charge in [-0.05, 0) is 19.2 Å². The van der Waals surface area contributed by atoms with Crippen LogP contribution in [0.1, 0.15) is 5.76 Å². The molecule has 1 heterocycles. The van der Waals surface area contributed by atoms with E-state index in [1.807, 2.05) is 37.4 Å². The molecule has 2 rings (SSSR count). The van der Waals surface area contributed by atoms with Gasteiger partial charge in [0.2, 0.25) is 5.89 Å². The largest absolute Gasteiger partial charge is 0.440 e. The van der Waals surface area contributed by atoms with Gasteiger partial charge in [0.05, 0.1) is 12.7 Å². The average Bonchev–Trinajstić information content (AvgIpc) is 2.68. The van der Waals surface area contributed by atoms with Crippen LogP contribution in [0.3, 0.4) is 0 Å². The Bertz CT molecular complexity index is 395. The Morgan fingerprint density at radius 3 is 2.79 bits per heavy atom. The summed E-state index contributed by atoms with van der Waals surface area (Å²) in [5.41, 5.74) is 1.01. The Morgan fingerprint density at radius 1 is 1.29 bits per heavy atom. The van der Waals surface area contributed by atoms with E-state index in [1.165, 1.54) is 0 Å². The number of hydrogen-bond donors (Lipinski definition) is 1. The second-order valence-corrected chi connectivity index (χ2v) is 3.03. The van der Waals surface area contributed by atoms with Gasteiger partial charge in [0.25, 0.3) is 0 Å². The number of aromatic nitrogens is 1. The third kappa shape index (κ3) is 1.83. The number of nitrogens with one attached hydrogen (secondary N) is 1. The summed E-state index contributed by atoms with van der Waals surface area (Å²) in [6, 6.07) is 9.87. The summed E-state index contributed by atoms with van der Waals surface area (Å²) >= 11 is 0. The lowest BCUT2D eigenvalue weighted by Gasteiger charge is -1.94. The number of hydrogen-bond acceptors (Lipinski definition) is 3. The monoisotopic (exact) mass is 188 g/mol. The van der Waals surface area contributed by atoms with E-state index < -0.39 is 0 Å². The molecule has 2 aromatic rings. The molecule has 0 saturated heterocycles. The minimum Gasteiger partial charge on any atom is -0.440 e. The molecular weight excluding hydrogens is 176 g/mol. The van der Waals surface area contributed by atoms with Gasteiger partial charge in [-0.1, -0.05) is 18.2 Å². The average molecular weight is 188 g/mol. The van der Waals surface area contributed by atoms with Gasteiger partial charge in [0, 0.05) is 5.56 Å². The highest BCUT2D eigenvalue weighted by atomic mass is 16.4. The van der Waals surface area contributed by atoms with E-state index in [9.17, 15) is 0 Å². The molecule has 0 spiro atoms. The Hall–Kier alpha value is -1.61. The Labute approximate surface area is 82.8 Å². The minimum atomic E-state index is 0.677. The summed E-state index contributed by atoms with van der Waals surface area (Å²) in [6.45, 7) is 0.708. The van der Waals surface area contributed by atoms with Crippen LogP contribution in [0.4, 0.5) is 0 Å². The van der Waals surface area contributed by atoms with Crippen molar-refractivity contribution in [1.82, 2.24) is 10.3 Å². The SMILES string of the molecule is CNCc1cnc(-c2ccccc2)o1. The first-order chi connectivity index (χ1) is 6.90. The van der Waals surface area contributed by atoms with Gasteiger partial charge in [-0.2, -0.15) is 0 Å². The van der Waals surface area contributed by atoms with E-state index in [0.717, 1.165) is 11.3 Å². The first-order valence-electron chi connectivity index (χ1n) is 4.55. The highest BCUT2D eigenvalue weighted by Crippen LogP contribution is 2.18. The molecule has 0 bridgehead atoms. The number of oxazole rings is 1. The van der Waals surface area contributed by atoms with E-state index in [0.29, 0.717) is 12.4 Å². The van der Waals surface area contributed by atoms with Gasteiger partial charge < -0.3 is 9.73 Å². The molecule has 0 fully saturated rings. The van der Waals surface area contributed by atoms with E-state index >= 15 is 0 Å². The van der Waals surface area contributed by atoms with Crippen molar-refractivity contribution in [2.45, 2.75) is 6.54 Å². The molecule has 0 unspecified atom stereocenters.